The van der Waals surface area contributed by atoms with Gasteiger partial charge in [0, 0.05) is 44.2 Å². The summed E-state index contributed by atoms with van der Waals surface area (Å²) in [5.74, 6) is 0.505. The van der Waals surface area contributed by atoms with Crippen molar-refractivity contribution in [2.75, 3.05) is 38.2 Å². The number of piperidine rings is 1. The molecular weight excluding hydrogens is 627 g/mol. The van der Waals surface area contributed by atoms with Crippen molar-refractivity contribution in [3.8, 4) is 17.0 Å². The molecule has 2 aliphatic heterocycles. The lowest BCUT2D eigenvalue weighted by Gasteiger charge is -2.37. The molecule has 3 aromatic rings. The van der Waals surface area contributed by atoms with Gasteiger partial charge in [0.25, 0.3) is 0 Å². The Morgan fingerprint density at radius 3 is 2.46 bits per heavy atom. The first-order chi connectivity index (χ1) is 22.6. The van der Waals surface area contributed by atoms with Crippen molar-refractivity contribution in [3.63, 3.8) is 0 Å². The number of anilines is 1. The molecule has 0 aliphatic carbocycles. The molecule has 3 heterocycles. The van der Waals surface area contributed by atoms with Gasteiger partial charge < -0.3 is 28.7 Å². The van der Waals surface area contributed by atoms with Gasteiger partial charge in [0.1, 0.15) is 23.6 Å². The van der Waals surface area contributed by atoms with Crippen LogP contribution in [0.2, 0.25) is 0 Å². The number of aryl methyl sites for hydroxylation is 1. The summed E-state index contributed by atoms with van der Waals surface area (Å²) in [6.45, 7) is 18.5. The molecule has 10 heteroatoms. The second-order valence-corrected chi connectivity index (χ2v) is 15.9. The smallest absolute Gasteiger partial charge is 0.410 e. The number of hydrogen-bond acceptors (Lipinski definition) is 9. The van der Waals surface area contributed by atoms with Crippen molar-refractivity contribution in [2.45, 2.75) is 98.1 Å². The first-order valence-corrected chi connectivity index (χ1v) is 17.8. The minimum absolute atomic E-state index is 0.203. The minimum atomic E-state index is -0.534. The Bertz CT molecular complexity index is 1610. The van der Waals surface area contributed by atoms with Crippen molar-refractivity contribution < 1.29 is 28.5 Å². The average Bonchev–Trinajstić information content (AvgIpc) is 3.44. The largest absolute Gasteiger partial charge is 0.488 e. The van der Waals surface area contributed by atoms with Crippen LogP contribution in [-0.4, -0.2) is 72.5 Å². The zero-order valence-electron chi connectivity index (χ0n) is 29.9. The number of hydrogen-bond donors (Lipinski definition) is 0. The van der Waals surface area contributed by atoms with Crippen molar-refractivity contribution in [1.29, 1.82) is 0 Å². The van der Waals surface area contributed by atoms with Crippen LogP contribution in [0.15, 0.2) is 41.8 Å². The van der Waals surface area contributed by atoms with Crippen molar-refractivity contribution in [2.24, 2.45) is 5.92 Å². The summed E-state index contributed by atoms with van der Waals surface area (Å²) in [4.78, 5) is 34.7. The Kier molecular flexibility index (Phi) is 10.7. The van der Waals surface area contributed by atoms with Crippen LogP contribution in [0.25, 0.3) is 11.3 Å². The molecule has 48 heavy (non-hydrogen) atoms. The third-order valence-electron chi connectivity index (χ3n) is 8.74. The number of benzene rings is 2. The van der Waals surface area contributed by atoms with Gasteiger partial charge in [-0.2, -0.15) is 0 Å². The van der Waals surface area contributed by atoms with E-state index >= 15 is 0 Å². The van der Waals surface area contributed by atoms with E-state index in [1.54, 1.807) is 18.4 Å². The number of esters is 1. The Hall–Kier alpha value is -3.63. The van der Waals surface area contributed by atoms with E-state index in [1.807, 2.05) is 52.5 Å². The first-order valence-electron chi connectivity index (χ1n) is 16.9. The molecule has 0 bridgehead atoms. The number of rotatable bonds is 7. The summed E-state index contributed by atoms with van der Waals surface area (Å²) in [5.41, 5.74) is 5.38. The lowest BCUT2D eigenvalue weighted by Crippen LogP contribution is -2.49. The van der Waals surface area contributed by atoms with Gasteiger partial charge in [0.2, 0.25) is 0 Å². The lowest BCUT2D eigenvalue weighted by molar-refractivity contribution is -0.165. The summed E-state index contributed by atoms with van der Waals surface area (Å²) in [6.07, 6.45) is 0.873. The minimum Gasteiger partial charge on any atom is -0.488 e. The maximum absolute atomic E-state index is 12.9. The topological polar surface area (TPSA) is 90.4 Å². The van der Waals surface area contributed by atoms with Gasteiger partial charge in [-0.05, 0) is 95.5 Å². The molecule has 1 fully saturated rings. The van der Waals surface area contributed by atoms with Crippen LogP contribution in [0.3, 0.4) is 0 Å². The molecule has 1 amide bonds. The van der Waals surface area contributed by atoms with Gasteiger partial charge >= 0.3 is 12.1 Å². The van der Waals surface area contributed by atoms with Crippen LogP contribution in [0.4, 0.5) is 9.93 Å². The van der Waals surface area contributed by atoms with E-state index in [1.165, 1.54) is 11.1 Å². The highest BCUT2D eigenvalue weighted by atomic mass is 32.1. The van der Waals surface area contributed by atoms with Gasteiger partial charge in [-0.1, -0.05) is 37.3 Å². The third-order valence-corrected chi connectivity index (χ3v) is 9.64. The van der Waals surface area contributed by atoms with Crippen LogP contribution in [0, 0.1) is 12.8 Å². The molecular formula is C38H51N3O6S. The number of fused-ring (bicyclic) bond motifs is 1. The molecule has 1 aromatic heterocycles. The molecule has 0 N–H and O–H groups in total. The Balaban J connectivity index is 1.27. The zero-order valence-corrected chi connectivity index (χ0v) is 30.7. The first kappa shape index (κ1) is 35.7. The molecule has 1 saturated heterocycles. The van der Waals surface area contributed by atoms with Gasteiger partial charge in [0.15, 0.2) is 5.13 Å². The monoisotopic (exact) mass is 677 g/mol. The Labute approximate surface area is 289 Å². The lowest BCUT2D eigenvalue weighted by atomic mass is 9.93. The Morgan fingerprint density at radius 1 is 1.00 bits per heavy atom. The molecule has 0 unspecified atom stereocenters. The van der Waals surface area contributed by atoms with E-state index in [0.717, 1.165) is 39.7 Å². The standard InChI is InChI=1S/C38H51N3O6S/c1-24-11-10-12-29(31-23-48-35(39-31)40-18-16-30(32(21-40)44-9)34(42)46-37(3,4)5)33(24)45-22-26-13-14-28-25(2)20-41(17-15-27(28)19-26)36(43)47-38(6,7)8/h10-14,19,23,25,30,32H,15-18,20-22H2,1-9H3/t25-,30+,32-/m0/s1. The molecule has 3 atom stereocenters. The molecule has 0 spiro atoms. The molecule has 2 aromatic carbocycles. The number of thiazole rings is 1. The molecule has 260 valence electrons. The highest BCUT2D eigenvalue weighted by molar-refractivity contribution is 7.14. The molecule has 0 radical (unpaired) electrons. The van der Waals surface area contributed by atoms with E-state index < -0.39 is 11.2 Å². The van der Waals surface area contributed by atoms with Crippen LogP contribution in [0.5, 0.6) is 5.75 Å². The SMILES string of the molecule is CO[C@H]1CN(c2nc(-c3cccc(C)c3OCc3ccc4c(c3)CCN(C(=O)OC(C)(C)C)C[C@@H]4C)cs2)CC[C@H]1C(=O)OC(C)(C)C. The maximum atomic E-state index is 12.9. The van der Waals surface area contributed by atoms with Crippen LogP contribution in [0.1, 0.15) is 83.1 Å². The quantitative estimate of drug-likeness (QED) is 0.234. The number of aromatic nitrogens is 1. The van der Waals surface area contributed by atoms with Crippen LogP contribution in [-0.2, 0) is 32.0 Å². The van der Waals surface area contributed by atoms with Gasteiger partial charge in [-0.15, -0.1) is 11.3 Å². The van der Waals surface area contributed by atoms with E-state index in [4.69, 9.17) is 23.9 Å². The number of methoxy groups -OCH3 is 1. The fraction of sp³-hybridized carbons (Fsp3) is 0.553. The predicted octanol–water partition coefficient (Wildman–Crippen LogP) is 7.78. The normalized spacial score (nSPS) is 20.1. The van der Waals surface area contributed by atoms with Crippen molar-refractivity contribution >= 4 is 28.5 Å². The summed E-state index contributed by atoms with van der Waals surface area (Å²) in [6, 6.07) is 12.7. The van der Waals surface area contributed by atoms with Gasteiger partial charge in [0.05, 0.1) is 17.7 Å². The predicted molar refractivity (Wildman–Crippen MR) is 190 cm³/mol. The molecule has 5 rings (SSSR count). The highest BCUT2D eigenvalue weighted by Gasteiger charge is 2.38. The summed E-state index contributed by atoms with van der Waals surface area (Å²) in [7, 11) is 1.65. The van der Waals surface area contributed by atoms with E-state index in [0.29, 0.717) is 39.2 Å². The third kappa shape index (κ3) is 8.69. The van der Waals surface area contributed by atoms with E-state index in [2.05, 4.69) is 54.5 Å². The molecule has 2 aliphatic rings. The number of carbonyl (C=O) groups excluding carboxylic acids is 2. The number of carbonyl (C=O) groups is 2. The fourth-order valence-electron chi connectivity index (χ4n) is 6.42. The summed E-state index contributed by atoms with van der Waals surface area (Å²) >= 11 is 1.59. The number of amides is 1. The fourth-order valence-corrected chi connectivity index (χ4v) is 7.29. The van der Waals surface area contributed by atoms with E-state index in [-0.39, 0.29) is 30.0 Å². The molecule has 0 saturated carbocycles. The van der Waals surface area contributed by atoms with Gasteiger partial charge in [-0.25, -0.2) is 9.78 Å². The molecule has 9 nitrogen and oxygen atoms in total. The van der Waals surface area contributed by atoms with Gasteiger partial charge in [-0.3, -0.25) is 4.79 Å². The number of para-hydroxylation sites is 1. The number of ether oxygens (including phenoxy) is 4. The summed E-state index contributed by atoms with van der Waals surface area (Å²) in [5, 5.41) is 2.96. The number of nitrogens with zero attached hydrogens (tertiary/aromatic N) is 3. The van der Waals surface area contributed by atoms with E-state index in [9.17, 15) is 9.59 Å². The maximum Gasteiger partial charge on any atom is 0.410 e. The van der Waals surface area contributed by atoms with Crippen molar-refractivity contribution in [1.82, 2.24) is 9.88 Å². The van der Waals surface area contributed by atoms with Crippen molar-refractivity contribution in [3.05, 3.63) is 64.0 Å². The second kappa shape index (κ2) is 14.5. The Morgan fingerprint density at radius 2 is 1.75 bits per heavy atom. The zero-order chi connectivity index (χ0) is 34.8. The summed E-state index contributed by atoms with van der Waals surface area (Å²) < 4.78 is 23.6. The average molecular weight is 678 g/mol. The van der Waals surface area contributed by atoms with Crippen LogP contribution >= 0.6 is 11.3 Å². The van der Waals surface area contributed by atoms with Crippen LogP contribution < -0.4 is 9.64 Å². The second-order valence-electron chi connectivity index (χ2n) is 15.0. The highest BCUT2D eigenvalue weighted by Crippen LogP contribution is 2.38.